The SMILES string of the molecule is N=C(N)c1ccc(CNC(=O)[C@@H]2CCN2C(=O)[C@H](NCC(N)=O)C2CCCCC2)cc1. The lowest BCUT2D eigenvalue weighted by Crippen LogP contribution is -2.63. The molecule has 2 fully saturated rings. The van der Waals surface area contributed by atoms with Crippen LogP contribution in [0, 0.1) is 11.3 Å². The number of nitrogens with one attached hydrogen (secondary N) is 3. The van der Waals surface area contributed by atoms with Crippen LogP contribution >= 0.6 is 0 Å². The maximum absolute atomic E-state index is 13.2. The van der Waals surface area contributed by atoms with E-state index in [9.17, 15) is 14.4 Å². The molecule has 0 radical (unpaired) electrons. The fourth-order valence-corrected chi connectivity index (χ4v) is 4.35. The Morgan fingerprint density at radius 2 is 1.74 bits per heavy atom. The second-order valence-corrected chi connectivity index (χ2v) is 8.39. The second kappa shape index (κ2) is 10.4. The number of amides is 3. The number of carbonyl (C=O) groups excluding carboxylic acids is 3. The molecule has 168 valence electrons. The topological polar surface area (TPSA) is 154 Å². The molecule has 9 nitrogen and oxygen atoms in total. The van der Waals surface area contributed by atoms with E-state index in [2.05, 4.69) is 10.6 Å². The van der Waals surface area contributed by atoms with Crippen molar-refractivity contribution < 1.29 is 14.4 Å². The Kier molecular flexibility index (Phi) is 7.62. The van der Waals surface area contributed by atoms with Crippen molar-refractivity contribution in [2.75, 3.05) is 13.1 Å². The lowest BCUT2D eigenvalue weighted by Gasteiger charge is -2.43. The van der Waals surface area contributed by atoms with Gasteiger partial charge in [-0.05, 0) is 30.7 Å². The normalized spacial score (nSPS) is 19.9. The molecule has 9 heteroatoms. The molecule has 1 aromatic carbocycles. The van der Waals surface area contributed by atoms with E-state index < -0.39 is 18.0 Å². The Bertz CT molecular complexity index is 819. The van der Waals surface area contributed by atoms with Crippen molar-refractivity contribution in [3.63, 3.8) is 0 Å². The van der Waals surface area contributed by atoms with Crippen LogP contribution < -0.4 is 22.1 Å². The molecule has 7 N–H and O–H groups in total. The minimum absolute atomic E-state index is 0.00308. The molecule has 0 aromatic heterocycles. The van der Waals surface area contributed by atoms with E-state index in [1.807, 2.05) is 12.1 Å². The number of likely N-dealkylation sites (tertiary alicyclic amines) is 1. The van der Waals surface area contributed by atoms with Crippen LogP contribution in [0.25, 0.3) is 0 Å². The molecule has 1 heterocycles. The maximum atomic E-state index is 13.2. The Hall–Kier alpha value is -2.94. The zero-order valence-electron chi connectivity index (χ0n) is 17.7. The summed E-state index contributed by atoms with van der Waals surface area (Å²) in [7, 11) is 0. The van der Waals surface area contributed by atoms with Crippen LogP contribution in [-0.4, -0.2) is 53.6 Å². The van der Waals surface area contributed by atoms with Gasteiger partial charge < -0.3 is 21.7 Å². The van der Waals surface area contributed by atoms with Crippen LogP contribution in [0.3, 0.4) is 0 Å². The summed E-state index contributed by atoms with van der Waals surface area (Å²) in [6.07, 6.45) is 5.79. The zero-order chi connectivity index (χ0) is 22.4. The molecule has 0 unspecified atom stereocenters. The quantitative estimate of drug-likeness (QED) is 0.281. The molecule has 2 aliphatic rings. The Morgan fingerprint density at radius 1 is 1.06 bits per heavy atom. The van der Waals surface area contributed by atoms with Gasteiger partial charge in [-0.1, -0.05) is 43.5 Å². The minimum Gasteiger partial charge on any atom is -0.384 e. The summed E-state index contributed by atoms with van der Waals surface area (Å²) in [4.78, 5) is 38.8. The van der Waals surface area contributed by atoms with E-state index in [-0.39, 0.29) is 30.1 Å². The highest BCUT2D eigenvalue weighted by Crippen LogP contribution is 2.29. The van der Waals surface area contributed by atoms with Crippen molar-refractivity contribution >= 4 is 23.6 Å². The minimum atomic E-state index is -0.498. The van der Waals surface area contributed by atoms with Gasteiger partial charge in [0, 0.05) is 18.7 Å². The summed E-state index contributed by atoms with van der Waals surface area (Å²) in [6.45, 7) is 0.821. The maximum Gasteiger partial charge on any atom is 0.243 e. The molecule has 1 aliphatic heterocycles. The molecular weight excluding hydrogens is 396 g/mol. The summed E-state index contributed by atoms with van der Waals surface area (Å²) < 4.78 is 0. The predicted octanol–water partition coefficient (Wildman–Crippen LogP) is 0.212. The highest BCUT2D eigenvalue weighted by molar-refractivity contribution is 5.95. The van der Waals surface area contributed by atoms with E-state index >= 15 is 0 Å². The van der Waals surface area contributed by atoms with Gasteiger partial charge in [-0.2, -0.15) is 0 Å². The first-order valence-electron chi connectivity index (χ1n) is 10.9. The first-order chi connectivity index (χ1) is 14.9. The Labute approximate surface area is 182 Å². The smallest absolute Gasteiger partial charge is 0.243 e. The van der Waals surface area contributed by atoms with Crippen molar-refractivity contribution in [2.45, 2.75) is 57.2 Å². The van der Waals surface area contributed by atoms with E-state index in [4.69, 9.17) is 16.9 Å². The van der Waals surface area contributed by atoms with Gasteiger partial charge in [-0.3, -0.25) is 25.1 Å². The third-order valence-electron chi connectivity index (χ3n) is 6.22. The van der Waals surface area contributed by atoms with Crippen molar-refractivity contribution in [3.05, 3.63) is 35.4 Å². The average molecular weight is 429 g/mol. The summed E-state index contributed by atoms with van der Waals surface area (Å²) in [5.74, 6) is -0.651. The third kappa shape index (κ3) is 5.81. The van der Waals surface area contributed by atoms with Crippen LogP contribution in [0.15, 0.2) is 24.3 Å². The Morgan fingerprint density at radius 3 is 2.29 bits per heavy atom. The molecule has 0 spiro atoms. The summed E-state index contributed by atoms with van der Waals surface area (Å²) in [5, 5.41) is 13.4. The monoisotopic (exact) mass is 428 g/mol. The van der Waals surface area contributed by atoms with Gasteiger partial charge >= 0.3 is 0 Å². The molecule has 1 saturated carbocycles. The molecule has 1 saturated heterocycles. The van der Waals surface area contributed by atoms with Gasteiger partial charge in [-0.25, -0.2) is 0 Å². The van der Waals surface area contributed by atoms with Gasteiger partial charge in [-0.15, -0.1) is 0 Å². The predicted molar refractivity (Wildman–Crippen MR) is 117 cm³/mol. The van der Waals surface area contributed by atoms with Crippen molar-refractivity contribution in [3.8, 4) is 0 Å². The largest absolute Gasteiger partial charge is 0.384 e. The fraction of sp³-hybridized carbons (Fsp3) is 0.545. The number of nitrogens with two attached hydrogens (primary N) is 2. The standard InChI is InChI=1S/C22H32N6O3/c23-18(29)13-26-19(15-4-2-1-3-5-15)22(31)28-11-10-17(28)21(30)27-12-14-6-8-16(9-7-14)20(24)25/h6-9,15,17,19,26H,1-5,10-13H2,(H2,23,29)(H3,24,25)(H,27,30)/t17-,19+/m0/s1. The number of hydrogen-bond donors (Lipinski definition) is 5. The molecular formula is C22H32N6O3. The number of nitrogen functional groups attached to an aromatic ring is 1. The van der Waals surface area contributed by atoms with Crippen LogP contribution in [-0.2, 0) is 20.9 Å². The fourth-order valence-electron chi connectivity index (χ4n) is 4.35. The van der Waals surface area contributed by atoms with Crippen molar-refractivity contribution in [1.29, 1.82) is 5.41 Å². The molecule has 31 heavy (non-hydrogen) atoms. The number of benzene rings is 1. The molecule has 2 atom stereocenters. The van der Waals surface area contributed by atoms with Crippen molar-refractivity contribution in [2.24, 2.45) is 17.4 Å². The van der Waals surface area contributed by atoms with Crippen LogP contribution in [0.5, 0.6) is 0 Å². The highest BCUT2D eigenvalue weighted by atomic mass is 16.2. The molecule has 3 rings (SSSR count). The van der Waals surface area contributed by atoms with Gasteiger partial charge in [0.1, 0.15) is 11.9 Å². The molecule has 1 aliphatic carbocycles. The molecule has 0 bridgehead atoms. The second-order valence-electron chi connectivity index (χ2n) is 8.39. The zero-order valence-corrected chi connectivity index (χ0v) is 17.7. The summed E-state index contributed by atoms with van der Waals surface area (Å²) >= 11 is 0. The van der Waals surface area contributed by atoms with Gasteiger partial charge in [0.25, 0.3) is 0 Å². The average Bonchev–Trinajstić information content (AvgIpc) is 2.72. The lowest BCUT2D eigenvalue weighted by molar-refractivity contribution is -0.150. The van der Waals surface area contributed by atoms with Gasteiger partial charge in [0.15, 0.2) is 0 Å². The number of amidine groups is 1. The summed E-state index contributed by atoms with van der Waals surface area (Å²) in [6, 6.07) is 6.12. The van der Waals surface area contributed by atoms with Crippen LogP contribution in [0.1, 0.15) is 49.7 Å². The Balaban J connectivity index is 1.58. The summed E-state index contributed by atoms with van der Waals surface area (Å²) in [5.41, 5.74) is 12.3. The van der Waals surface area contributed by atoms with E-state index in [1.54, 1.807) is 17.0 Å². The number of nitrogens with zero attached hydrogens (tertiary/aromatic N) is 1. The number of primary amides is 1. The highest BCUT2D eigenvalue weighted by Gasteiger charge is 2.42. The number of hydrogen-bond acceptors (Lipinski definition) is 5. The third-order valence-corrected chi connectivity index (χ3v) is 6.22. The molecule has 1 aromatic rings. The van der Waals surface area contributed by atoms with Gasteiger partial charge in [0.2, 0.25) is 17.7 Å². The van der Waals surface area contributed by atoms with Gasteiger partial charge in [0.05, 0.1) is 12.6 Å². The first kappa shape index (κ1) is 22.7. The van der Waals surface area contributed by atoms with E-state index in [0.29, 0.717) is 25.1 Å². The first-order valence-corrected chi connectivity index (χ1v) is 10.9. The lowest BCUT2D eigenvalue weighted by atomic mass is 9.82. The number of rotatable bonds is 9. The van der Waals surface area contributed by atoms with Crippen LogP contribution in [0.2, 0.25) is 0 Å². The van der Waals surface area contributed by atoms with Crippen molar-refractivity contribution in [1.82, 2.24) is 15.5 Å². The number of carbonyl (C=O) groups is 3. The van der Waals surface area contributed by atoms with E-state index in [1.165, 1.54) is 0 Å². The molecule has 3 amide bonds. The van der Waals surface area contributed by atoms with Crippen LogP contribution in [0.4, 0.5) is 0 Å². The van der Waals surface area contributed by atoms with E-state index in [0.717, 1.165) is 37.7 Å².